The van der Waals surface area contributed by atoms with E-state index in [1.807, 2.05) is 0 Å². The predicted octanol–water partition coefficient (Wildman–Crippen LogP) is 2.49. The lowest BCUT2D eigenvalue weighted by atomic mass is 10.0. The van der Waals surface area contributed by atoms with Crippen LogP contribution in [0.25, 0.3) is 0 Å². The normalized spacial score (nSPS) is 30.9. The van der Waals surface area contributed by atoms with Gasteiger partial charge in [-0.1, -0.05) is 13.0 Å². The molecule has 0 aromatic carbocycles. The molecule has 1 aliphatic carbocycles. The molecule has 1 aliphatic heterocycles. The Labute approximate surface area is 120 Å². The van der Waals surface area contributed by atoms with Gasteiger partial charge in [-0.15, -0.1) is 0 Å². The highest BCUT2D eigenvalue weighted by Gasteiger charge is 2.58. The van der Waals surface area contributed by atoms with Crippen molar-refractivity contribution in [2.75, 3.05) is 5.32 Å². The molecule has 21 heavy (non-hydrogen) atoms. The van der Waals surface area contributed by atoms with E-state index in [4.69, 9.17) is 0 Å². The van der Waals surface area contributed by atoms with Crippen LogP contribution in [0.5, 0.6) is 0 Å². The van der Waals surface area contributed by atoms with Gasteiger partial charge < -0.3 is 10.6 Å². The molecule has 1 aromatic rings. The summed E-state index contributed by atoms with van der Waals surface area (Å²) in [5.74, 6) is -0.347. The Balaban J connectivity index is 1.74. The second-order valence-corrected chi connectivity index (χ2v) is 6.18. The number of pyridine rings is 1. The van der Waals surface area contributed by atoms with Crippen LogP contribution in [0.2, 0.25) is 0 Å². The lowest BCUT2D eigenvalue weighted by Crippen LogP contribution is -2.38. The Morgan fingerprint density at radius 1 is 1.43 bits per heavy atom. The van der Waals surface area contributed by atoms with E-state index in [1.165, 1.54) is 6.07 Å². The van der Waals surface area contributed by atoms with Crippen molar-refractivity contribution in [1.82, 2.24) is 10.3 Å². The zero-order chi connectivity index (χ0) is 15.4. The summed E-state index contributed by atoms with van der Waals surface area (Å²) in [5, 5.41) is 5.70. The third-order valence-corrected chi connectivity index (χ3v) is 4.37. The van der Waals surface area contributed by atoms with Crippen molar-refractivity contribution >= 4 is 11.7 Å². The van der Waals surface area contributed by atoms with Crippen molar-refractivity contribution in [3.05, 3.63) is 23.4 Å². The smallest absolute Gasteiger partial charge is 0.309 e. The number of nitrogens with one attached hydrogen (secondary N) is 2. The van der Waals surface area contributed by atoms with E-state index >= 15 is 0 Å². The minimum atomic E-state index is -4.52. The highest BCUT2D eigenvalue weighted by Crippen LogP contribution is 2.53. The molecule has 2 N–H and O–H groups in total. The fourth-order valence-electron chi connectivity index (χ4n) is 2.85. The fourth-order valence-corrected chi connectivity index (χ4v) is 2.85. The van der Waals surface area contributed by atoms with Gasteiger partial charge in [0, 0.05) is 6.04 Å². The van der Waals surface area contributed by atoms with Crippen molar-refractivity contribution < 1.29 is 18.0 Å². The molecule has 3 atom stereocenters. The van der Waals surface area contributed by atoms with Crippen molar-refractivity contribution in [1.29, 1.82) is 0 Å². The maximum Gasteiger partial charge on any atom is 0.433 e. The van der Waals surface area contributed by atoms with Crippen LogP contribution in [0.15, 0.2) is 12.1 Å². The van der Waals surface area contributed by atoms with Gasteiger partial charge in [0.05, 0.1) is 6.04 Å². The van der Waals surface area contributed by atoms with Gasteiger partial charge in [-0.25, -0.2) is 4.98 Å². The molecule has 3 unspecified atom stereocenters. The van der Waals surface area contributed by atoms with Gasteiger partial charge in [-0.05, 0) is 36.8 Å². The number of amides is 1. The van der Waals surface area contributed by atoms with Gasteiger partial charge in [0.15, 0.2) is 0 Å². The number of rotatable bonds is 2. The first-order valence-electron chi connectivity index (χ1n) is 6.81. The van der Waals surface area contributed by atoms with E-state index in [-0.39, 0.29) is 23.2 Å². The maximum atomic E-state index is 12.7. The Morgan fingerprint density at radius 2 is 2.14 bits per heavy atom. The third-order valence-electron chi connectivity index (χ3n) is 4.37. The Kier molecular flexibility index (Phi) is 3.02. The van der Waals surface area contributed by atoms with Crippen molar-refractivity contribution in [3.8, 4) is 0 Å². The Morgan fingerprint density at radius 3 is 2.71 bits per heavy atom. The lowest BCUT2D eigenvalue weighted by Gasteiger charge is -2.16. The number of aryl methyl sites for hydroxylation is 1. The number of piperidine rings is 1. The predicted molar refractivity (Wildman–Crippen MR) is 70.7 cm³/mol. The number of carbonyl (C=O) groups is 1. The fraction of sp³-hybridized carbons (Fsp3) is 0.571. The van der Waals surface area contributed by atoms with E-state index in [0.717, 1.165) is 12.5 Å². The molecule has 2 aliphatic rings. The summed E-state index contributed by atoms with van der Waals surface area (Å²) in [6.45, 7) is 3.72. The highest BCUT2D eigenvalue weighted by molar-refractivity contribution is 5.95. The monoisotopic (exact) mass is 299 g/mol. The molecule has 1 aromatic heterocycles. The molecular formula is C14H16F3N3O. The van der Waals surface area contributed by atoms with E-state index in [2.05, 4.69) is 22.5 Å². The van der Waals surface area contributed by atoms with Gasteiger partial charge >= 0.3 is 6.18 Å². The summed E-state index contributed by atoms with van der Waals surface area (Å²) < 4.78 is 38.0. The van der Waals surface area contributed by atoms with Gasteiger partial charge in [-0.2, -0.15) is 13.2 Å². The second kappa shape index (κ2) is 4.43. The van der Waals surface area contributed by atoms with Crippen LogP contribution in [0.1, 0.15) is 31.0 Å². The summed E-state index contributed by atoms with van der Waals surface area (Å²) in [4.78, 5) is 15.7. The third kappa shape index (κ3) is 2.62. The van der Waals surface area contributed by atoms with Crippen molar-refractivity contribution in [3.63, 3.8) is 0 Å². The quantitative estimate of drug-likeness (QED) is 0.882. The van der Waals surface area contributed by atoms with E-state index < -0.39 is 11.9 Å². The molecule has 0 spiro atoms. The number of anilines is 1. The molecule has 114 valence electrons. The molecule has 1 saturated carbocycles. The molecular weight excluding hydrogens is 283 g/mol. The first kappa shape index (κ1) is 14.3. The van der Waals surface area contributed by atoms with Gasteiger partial charge in [0.25, 0.3) is 0 Å². The zero-order valence-corrected chi connectivity index (χ0v) is 11.7. The molecule has 2 heterocycles. The molecule has 7 heteroatoms. The number of halogens is 3. The van der Waals surface area contributed by atoms with Crippen LogP contribution in [-0.2, 0) is 11.0 Å². The van der Waals surface area contributed by atoms with Gasteiger partial charge in [-0.3, -0.25) is 4.79 Å². The molecule has 0 bridgehead atoms. The molecule has 4 nitrogen and oxygen atoms in total. The van der Waals surface area contributed by atoms with E-state index in [1.54, 1.807) is 6.92 Å². The van der Waals surface area contributed by atoms with Crippen molar-refractivity contribution in [2.45, 2.75) is 44.9 Å². The summed E-state index contributed by atoms with van der Waals surface area (Å²) >= 11 is 0. The van der Waals surface area contributed by atoms with Crippen LogP contribution in [-0.4, -0.2) is 23.0 Å². The lowest BCUT2D eigenvalue weighted by molar-refractivity contribution is -0.141. The Bertz CT molecular complexity index is 602. The minimum Gasteiger partial charge on any atom is -0.309 e. The minimum absolute atomic E-state index is 0.0256. The highest BCUT2D eigenvalue weighted by atomic mass is 19.4. The first-order chi connectivity index (χ1) is 9.69. The van der Waals surface area contributed by atoms with Gasteiger partial charge in [0.2, 0.25) is 5.91 Å². The van der Waals surface area contributed by atoms with Crippen LogP contribution in [0, 0.1) is 12.3 Å². The number of fused-ring (bicyclic) bond motifs is 1. The number of alkyl halides is 3. The number of aromatic nitrogens is 1. The van der Waals surface area contributed by atoms with Crippen molar-refractivity contribution in [2.24, 2.45) is 5.41 Å². The van der Waals surface area contributed by atoms with Gasteiger partial charge in [0.1, 0.15) is 11.5 Å². The second-order valence-electron chi connectivity index (χ2n) is 6.18. The summed E-state index contributed by atoms with van der Waals surface area (Å²) in [6, 6.07) is 2.22. The average molecular weight is 299 g/mol. The van der Waals surface area contributed by atoms with Crippen LogP contribution < -0.4 is 10.6 Å². The number of carbonyl (C=O) groups excluding carboxylic acids is 1. The Hall–Kier alpha value is -1.63. The number of hydrogen-bond acceptors (Lipinski definition) is 3. The van der Waals surface area contributed by atoms with E-state index in [0.29, 0.717) is 18.0 Å². The topological polar surface area (TPSA) is 54.0 Å². The summed E-state index contributed by atoms with van der Waals surface area (Å²) in [6.07, 6.45) is -2.76. The molecule has 0 radical (unpaired) electrons. The van der Waals surface area contributed by atoms with Crippen LogP contribution >= 0.6 is 0 Å². The SMILES string of the molecule is Cc1ccc(C(F)(F)F)nc1NC(=O)C1CC2(C)CC2N1. The summed E-state index contributed by atoms with van der Waals surface area (Å²) in [5.41, 5.74) is -0.332. The average Bonchev–Trinajstić information content (AvgIpc) is 2.88. The number of hydrogen-bond donors (Lipinski definition) is 2. The summed E-state index contributed by atoms with van der Waals surface area (Å²) in [7, 11) is 0. The molecule has 1 saturated heterocycles. The first-order valence-corrected chi connectivity index (χ1v) is 6.81. The number of nitrogens with zero attached hydrogens (tertiary/aromatic N) is 1. The molecule has 2 fully saturated rings. The largest absolute Gasteiger partial charge is 0.433 e. The standard InChI is InChI=1S/C14H16F3N3O/c1-7-3-4-9(14(15,16)17)19-11(7)20-12(21)8-5-13(2)6-10(13)18-8/h3-4,8,10,18H,5-6H2,1-2H3,(H,19,20,21). The molecule has 1 amide bonds. The van der Waals surface area contributed by atoms with Crippen LogP contribution in [0.4, 0.5) is 19.0 Å². The maximum absolute atomic E-state index is 12.7. The van der Waals surface area contributed by atoms with E-state index in [9.17, 15) is 18.0 Å². The molecule has 3 rings (SSSR count). The zero-order valence-electron chi connectivity index (χ0n) is 11.7. The van der Waals surface area contributed by atoms with Crippen LogP contribution in [0.3, 0.4) is 0 Å².